The predicted molar refractivity (Wildman–Crippen MR) is 92.6 cm³/mol. The molecule has 0 unspecified atom stereocenters. The molecule has 25 heavy (non-hydrogen) atoms. The first kappa shape index (κ1) is 17.4. The maximum atomic E-state index is 12.6. The maximum absolute atomic E-state index is 12.6. The summed E-state index contributed by atoms with van der Waals surface area (Å²) in [7, 11) is 1.64. The largest absolute Gasteiger partial charge is 0.497 e. The summed E-state index contributed by atoms with van der Waals surface area (Å²) in [5, 5.41) is 3.17. The first-order valence-electron chi connectivity index (χ1n) is 8.71. The van der Waals surface area contributed by atoms with Crippen molar-refractivity contribution in [3.05, 3.63) is 29.8 Å². The SMILES string of the molecule is CCOC(=O)N1CCN(C(=O)NC2(c3ccc(OC)cc3)CC2)CC1. The zero-order valence-electron chi connectivity index (χ0n) is 14.8. The Balaban J connectivity index is 1.55. The first-order valence-corrected chi connectivity index (χ1v) is 8.71. The minimum Gasteiger partial charge on any atom is -0.497 e. The number of piperazine rings is 1. The highest BCUT2D eigenvalue weighted by Gasteiger charge is 2.46. The van der Waals surface area contributed by atoms with Crippen LogP contribution in [0.15, 0.2) is 24.3 Å². The van der Waals surface area contributed by atoms with Gasteiger partial charge in [-0.2, -0.15) is 0 Å². The van der Waals surface area contributed by atoms with Crippen molar-refractivity contribution in [1.82, 2.24) is 15.1 Å². The average molecular weight is 347 g/mol. The molecule has 0 spiro atoms. The van der Waals surface area contributed by atoms with Crippen LogP contribution < -0.4 is 10.1 Å². The van der Waals surface area contributed by atoms with Crippen LogP contribution in [0.4, 0.5) is 9.59 Å². The van der Waals surface area contributed by atoms with Gasteiger partial charge in [-0.15, -0.1) is 0 Å². The van der Waals surface area contributed by atoms with Gasteiger partial charge in [-0.1, -0.05) is 12.1 Å². The fourth-order valence-corrected chi connectivity index (χ4v) is 3.11. The normalized spacial score (nSPS) is 18.5. The first-order chi connectivity index (χ1) is 12.1. The predicted octanol–water partition coefficient (Wildman–Crippen LogP) is 2.17. The number of carbonyl (C=O) groups excluding carboxylic acids is 2. The van der Waals surface area contributed by atoms with Gasteiger partial charge in [0.1, 0.15) is 5.75 Å². The van der Waals surface area contributed by atoms with Gasteiger partial charge in [0.2, 0.25) is 0 Å². The van der Waals surface area contributed by atoms with Crippen molar-refractivity contribution in [3.8, 4) is 5.75 Å². The summed E-state index contributed by atoms with van der Waals surface area (Å²) in [4.78, 5) is 27.7. The third kappa shape index (κ3) is 3.81. The Hall–Kier alpha value is -2.44. The van der Waals surface area contributed by atoms with E-state index in [0.29, 0.717) is 32.8 Å². The number of hydrogen-bond donors (Lipinski definition) is 1. The summed E-state index contributed by atoms with van der Waals surface area (Å²) in [5.41, 5.74) is 0.841. The van der Waals surface area contributed by atoms with Crippen LogP contribution >= 0.6 is 0 Å². The van der Waals surface area contributed by atoms with E-state index in [1.165, 1.54) is 0 Å². The van der Waals surface area contributed by atoms with Gasteiger partial charge in [0.05, 0.1) is 19.3 Å². The zero-order chi connectivity index (χ0) is 17.9. The number of urea groups is 1. The van der Waals surface area contributed by atoms with Crippen LogP contribution in [0, 0.1) is 0 Å². The van der Waals surface area contributed by atoms with Crippen molar-refractivity contribution in [2.75, 3.05) is 39.9 Å². The molecule has 2 aliphatic rings. The summed E-state index contributed by atoms with van der Waals surface area (Å²) in [6, 6.07) is 7.77. The molecule has 1 saturated heterocycles. The number of nitrogens with zero attached hydrogens (tertiary/aromatic N) is 2. The number of ether oxygens (including phenoxy) is 2. The molecule has 7 nitrogen and oxygen atoms in total. The van der Waals surface area contributed by atoms with E-state index < -0.39 is 0 Å². The lowest BCUT2D eigenvalue weighted by atomic mass is 10.0. The van der Waals surface area contributed by atoms with Crippen molar-refractivity contribution in [2.24, 2.45) is 0 Å². The van der Waals surface area contributed by atoms with Gasteiger partial charge < -0.3 is 24.6 Å². The lowest BCUT2D eigenvalue weighted by Gasteiger charge is -2.35. The number of rotatable bonds is 4. The third-order valence-electron chi connectivity index (χ3n) is 4.83. The Morgan fingerprint density at radius 1 is 1.08 bits per heavy atom. The summed E-state index contributed by atoms with van der Waals surface area (Å²) in [6.45, 7) is 4.19. The molecule has 1 aromatic carbocycles. The van der Waals surface area contributed by atoms with E-state index in [1.54, 1.807) is 23.8 Å². The Labute approximate surface area is 147 Å². The fraction of sp³-hybridized carbons (Fsp3) is 0.556. The highest BCUT2D eigenvalue weighted by molar-refractivity contribution is 5.76. The van der Waals surface area contributed by atoms with Gasteiger partial charge in [0, 0.05) is 26.2 Å². The summed E-state index contributed by atoms with van der Waals surface area (Å²) in [6.07, 6.45) is 1.57. The molecule has 1 N–H and O–H groups in total. The van der Waals surface area contributed by atoms with Crippen LogP contribution in [-0.2, 0) is 10.3 Å². The number of amides is 3. The highest BCUT2D eigenvalue weighted by atomic mass is 16.6. The van der Waals surface area contributed by atoms with E-state index in [9.17, 15) is 9.59 Å². The second kappa shape index (κ2) is 7.21. The van der Waals surface area contributed by atoms with E-state index in [-0.39, 0.29) is 17.7 Å². The molecule has 1 aromatic rings. The van der Waals surface area contributed by atoms with Crippen molar-refractivity contribution in [1.29, 1.82) is 0 Å². The van der Waals surface area contributed by atoms with E-state index in [2.05, 4.69) is 5.32 Å². The van der Waals surface area contributed by atoms with Gasteiger partial charge in [-0.05, 0) is 37.5 Å². The van der Waals surface area contributed by atoms with Gasteiger partial charge in [0.15, 0.2) is 0 Å². The van der Waals surface area contributed by atoms with Crippen LogP contribution in [0.3, 0.4) is 0 Å². The maximum Gasteiger partial charge on any atom is 0.409 e. The molecule has 3 amide bonds. The molecule has 7 heteroatoms. The smallest absolute Gasteiger partial charge is 0.409 e. The molecule has 136 valence electrons. The van der Waals surface area contributed by atoms with Crippen LogP contribution in [0.5, 0.6) is 5.75 Å². The minimum absolute atomic E-state index is 0.0724. The monoisotopic (exact) mass is 347 g/mol. The van der Waals surface area contributed by atoms with Crippen molar-refractivity contribution >= 4 is 12.1 Å². The lowest BCUT2D eigenvalue weighted by molar-refractivity contribution is 0.0846. The molecule has 1 saturated carbocycles. The fourth-order valence-electron chi connectivity index (χ4n) is 3.11. The van der Waals surface area contributed by atoms with Gasteiger partial charge in [-0.25, -0.2) is 9.59 Å². The van der Waals surface area contributed by atoms with Gasteiger partial charge >= 0.3 is 12.1 Å². The topological polar surface area (TPSA) is 71.1 Å². The minimum atomic E-state index is -0.306. The number of methoxy groups -OCH3 is 1. The van der Waals surface area contributed by atoms with Gasteiger partial charge in [0.25, 0.3) is 0 Å². The molecule has 1 aliphatic carbocycles. The second-order valence-corrected chi connectivity index (χ2v) is 6.41. The Morgan fingerprint density at radius 2 is 1.68 bits per heavy atom. The molecule has 3 rings (SSSR count). The van der Waals surface area contributed by atoms with Crippen LogP contribution in [0.2, 0.25) is 0 Å². The van der Waals surface area contributed by atoms with E-state index >= 15 is 0 Å². The van der Waals surface area contributed by atoms with E-state index in [1.807, 2.05) is 24.3 Å². The zero-order valence-corrected chi connectivity index (χ0v) is 14.8. The Morgan fingerprint density at radius 3 is 2.20 bits per heavy atom. The van der Waals surface area contributed by atoms with Crippen LogP contribution in [-0.4, -0.2) is 61.8 Å². The Kier molecular flexibility index (Phi) is 5.01. The Bertz CT molecular complexity index is 620. The lowest BCUT2D eigenvalue weighted by Crippen LogP contribution is -2.54. The van der Waals surface area contributed by atoms with Gasteiger partial charge in [-0.3, -0.25) is 0 Å². The van der Waals surface area contributed by atoms with Crippen LogP contribution in [0.25, 0.3) is 0 Å². The molecular formula is C18H25N3O4. The van der Waals surface area contributed by atoms with E-state index in [4.69, 9.17) is 9.47 Å². The molecule has 2 fully saturated rings. The quantitative estimate of drug-likeness (QED) is 0.906. The number of benzene rings is 1. The molecule has 0 radical (unpaired) electrons. The average Bonchev–Trinajstić information content (AvgIpc) is 3.42. The molecule has 1 heterocycles. The molecular weight excluding hydrogens is 322 g/mol. The molecule has 1 aliphatic heterocycles. The van der Waals surface area contributed by atoms with Crippen molar-refractivity contribution in [3.63, 3.8) is 0 Å². The third-order valence-corrected chi connectivity index (χ3v) is 4.83. The summed E-state index contributed by atoms with van der Waals surface area (Å²) >= 11 is 0. The highest BCUT2D eigenvalue weighted by Crippen LogP contribution is 2.45. The number of hydrogen-bond acceptors (Lipinski definition) is 4. The summed E-state index contributed by atoms with van der Waals surface area (Å²) < 4.78 is 10.2. The number of nitrogens with one attached hydrogen (secondary N) is 1. The van der Waals surface area contributed by atoms with Crippen molar-refractivity contribution < 1.29 is 19.1 Å². The standard InChI is InChI=1S/C18H25N3O4/c1-3-25-17(23)21-12-10-20(11-13-21)16(22)19-18(8-9-18)14-4-6-15(24-2)7-5-14/h4-7H,3,8-13H2,1-2H3,(H,19,22). The van der Waals surface area contributed by atoms with Crippen molar-refractivity contribution in [2.45, 2.75) is 25.3 Å². The molecule has 0 atom stereocenters. The van der Waals surface area contributed by atoms with Crippen LogP contribution in [0.1, 0.15) is 25.3 Å². The number of carbonyl (C=O) groups is 2. The molecule has 0 bridgehead atoms. The second-order valence-electron chi connectivity index (χ2n) is 6.41. The summed E-state index contributed by atoms with van der Waals surface area (Å²) in [5.74, 6) is 0.806. The van der Waals surface area contributed by atoms with E-state index in [0.717, 1.165) is 24.2 Å². The molecule has 0 aromatic heterocycles.